The predicted molar refractivity (Wildman–Crippen MR) is 79.1 cm³/mol. The van der Waals surface area contributed by atoms with Gasteiger partial charge in [0.15, 0.2) is 0 Å². The molecule has 0 radical (unpaired) electrons. The van der Waals surface area contributed by atoms with Crippen LogP contribution in [0.5, 0.6) is 0 Å². The van der Waals surface area contributed by atoms with Crippen LogP contribution in [0.25, 0.3) is 0 Å². The van der Waals surface area contributed by atoms with Gasteiger partial charge in [0, 0.05) is 11.1 Å². The van der Waals surface area contributed by atoms with Crippen molar-refractivity contribution >= 4 is 27.3 Å². The van der Waals surface area contributed by atoms with Crippen molar-refractivity contribution in [2.75, 3.05) is 17.0 Å². The second-order valence-corrected chi connectivity index (χ2v) is 7.26. The van der Waals surface area contributed by atoms with E-state index in [-0.39, 0.29) is 16.5 Å². The van der Waals surface area contributed by atoms with Crippen molar-refractivity contribution < 1.29 is 12.8 Å². The highest BCUT2D eigenvalue weighted by molar-refractivity contribution is 7.92. The SMILES string of the molecule is O=S(=O)(CCCCNC1CC1)Nc1cc(Cl)ccc1F. The molecule has 1 aromatic carbocycles. The van der Waals surface area contributed by atoms with E-state index in [9.17, 15) is 12.8 Å². The van der Waals surface area contributed by atoms with Crippen molar-refractivity contribution in [3.63, 3.8) is 0 Å². The molecule has 1 saturated carbocycles. The van der Waals surface area contributed by atoms with E-state index in [1.165, 1.54) is 25.0 Å². The standard InChI is InChI=1S/C13H18ClFN2O2S/c14-10-3-6-12(15)13(9-10)17-20(18,19)8-2-1-7-16-11-4-5-11/h3,6,9,11,16-17H,1-2,4-5,7-8H2. The fourth-order valence-electron chi connectivity index (χ4n) is 1.80. The zero-order valence-corrected chi connectivity index (χ0v) is 12.6. The Morgan fingerprint density at radius 3 is 2.75 bits per heavy atom. The molecular formula is C13H18ClFN2O2S. The first-order valence-corrected chi connectivity index (χ1v) is 8.68. The van der Waals surface area contributed by atoms with E-state index in [0.29, 0.717) is 12.5 Å². The summed E-state index contributed by atoms with van der Waals surface area (Å²) in [5, 5.41) is 3.61. The van der Waals surface area contributed by atoms with Gasteiger partial charge in [-0.15, -0.1) is 0 Å². The minimum absolute atomic E-state index is 0.0225. The van der Waals surface area contributed by atoms with Crippen LogP contribution in [0.1, 0.15) is 25.7 Å². The highest BCUT2D eigenvalue weighted by atomic mass is 35.5. The van der Waals surface area contributed by atoms with Crippen molar-refractivity contribution in [3.8, 4) is 0 Å². The minimum Gasteiger partial charge on any atom is -0.314 e. The Bertz CT molecular complexity index is 561. The molecule has 0 unspecified atom stereocenters. The second kappa shape index (κ2) is 6.74. The Labute approximate surface area is 123 Å². The molecule has 0 heterocycles. The summed E-state index contributed by atoms with van der Waals surface area (Å²) in [6, 6.07) is 4.41. The minimum atomic E-state index is -3.54. The van der Waals surface area contributed by atoms with Crippen molar-refractivity contribution in [3.05, 3.63) is 29.0 Å². The Kier molecular flexibility index (Phi) is 5.23. The normalized spacial score (nSPS) is 15.3. The van der Waals surface area contributed by atoms with Crippen LogP contribution in [0.15, 0.2) is 18.2 Å². The predicted octanol–water partition coefficient (Wildman–Crippen LogP) is 2.75. The van der Waals surface area contributed by atoms with Gasteiger partial charge in [-0.1, -0.05) is 11.6 Å². The van der Waals surface area contributed by atoms with E-state index in [1.807, 2.05) is 0 Å². The number of unbranched alkanes of at least 4 members (excludes halogenated alkanes) is 1. The van der Waals surface area contributed by atoms with Crippen LogP contribution >= 0.6 is 11.6 Å². The van der Waals surface area contributed by atoms with E-state index in [1.54, 1.807) is 0 Å². The maximum absolute atomic E-state index is 13.4. The number of benzene rings is 1. The largest absolute Gasteiger partial charge is 0.314 e. The maximum atomic E-state index is 13.4. The quantitative estimate of drug-likeness (QED) is 0.724. The van der Waals surface area contributed by atoms with Crippen molar-refractivity contribution in [1.82, 2.24) is 5.32 Å². The van der Waals surface area contributed by atoms with Crippen molar-refractivity contribution in [1.29, 1.82) is 0 Å². The van der Waals surface area contributed by atoms with Crippen LogP contribution in [0.4, 0.5) is 10.1 Å². The molecule has 0 amide bonds. The molecule has 2 N–H and O–H groups in total. The van der Waals surface area contributed by atoms with Gasteiger partial charge in [-0.25, -0.2) is 12.8 Å². The number of sulfonamides is 1. The molecule has 1 fully saturated rings. The summed E-state index contributed by atoms with van der Waals surface area (Å²) < 4.78 is 39.3. The number of hydrogen-bond acceptors (Lipinski definition) is 3. The lowest BCUT2D eigenvalue weighted by Gasteiger charge is -2.09. The first kappa shape index (κ1) is 15.5. The average Bonchev–Trinajstić information content (AvgIpc) is 3.17. The van der Waals surface area contributed by atoms with E-state index in [4.69, 9.17) is 11.6 Å². The number of rotatable bonds is 8. The average molecular weight is 321 g/mol. The van der Waals surface area contributed by atoms with Crippen molar-refractivity contribution in [2.24, 2.45) is 0 Å². The summed E-state index contributed by atoms with van der Waals surface area (Å²) in [6.45, 7) is 0.825. The lowest BCUT2D eigenvalue weighted by atomic mass is 10.3. The third-order valence-corrected chi connectivity index (χ3v) is 4.64. The van der Waals surface area contributed by atoms with E-state index in [2.05, 4.69) is 10.0 Å². The van der Waals surface area contributed by atoms with Gasteiger partial charge in [0.1, 0.15) is 5.82 Å². The Hall–Kier alpha value is -0.850. The molecule has 1 aromatic rings. The number of halogens is 2. The van der Waals surface area contributed by atoms with E-state index in [0.717, 1.165) is 19.0 Å². The van der Waals surface area contributed by atoms with Crippen LogP contribution in [0, 0.1) is 5.82 Å². The van der Waals surface area contributed by atoms with Crippen LogP contribution in [0.2, 0.25) is 5.02 Å². The summed E-state index contributed by atoms with van der Waals surface area (Å²) in [5.41, 5.74) is -0.103. The molecule has 0 bridgehead atoms. The van der Waals surface area contributed by atoms with Crippen LogP contribution in [0.3, 0.4) is 0 Å². The number of nitrogens with one attached hydrogen (secondary N) is 2. The van der Waals surface area contributed by atoms with E-state index >= 15 is 0 Å². The summed E-state index contributed by atoms with van der Waals surface area (Å²) in [4.78, 5) is 0. The first-order valence-electron chi connectivity index (χ1n) is 6.65. The fraction of sp³-hybridized carbons (Fsp3) is 0.538. The molecule has 1 aliphatic rings. The number of anilines is 1. The van der Waals surface area contributed by atoms with Gasteiger partial charge in [0.2, 0.25) is 10.0 Å². The van der Waals surface area contributed by atoms with Crippen LogP contribution < -0.4 is 10.0 Å². The highest BCUT2D eigenvalue weighted by Gasteiger charge is 2.19. The van der Waals surface area contributed by atoms with Crippen molar-refractivity contribution in [2.45, 2.75) is 31.7 Å². The summed E-state index contributed by atoms with van der Waals surface area (Å²) in [6.07, 6.45) is 3.76. The van der Waals surface area contributed by atoms with Crippen LogP contribution in [-0.2, 0) is 10.0 Å². The van der Waals surface area contributed by atoms with Gasteiger partial charge in [0.05, 0.1) is 11.4 Å². The summed E-state index contributed by atoms with van der Waals surface area (Å²) in [5.74, 6) is -0.654. The molecule has 0 spiro atoms. The lowest BCUT2D eigenvalue weighted by Crippen LogP contribution is -2.20. The molecular weight excluding hydrogens is 303 g/mol. The molecule has 0 atom stereocenters. The summed E-state index contributed by atoms with van der Waals surface area (Å²) >= 11 is 5.72. The van der Waals surface area contributed by atoms with Gasteiger partial charge >= 0.3 is 0 Å². The molecule has 0 saturated heterocycles. The van der Waals surface area contributed by atoms with Gasteiger partial charge in [0.25, 0.3) is 0 Å². The Morgan fingerprint density at radius 1 is 1.30 bits per heavy atom. The Balaban J connectivity index is 1.78. The third-order valence-electron chi connectivity index (χ3n) is 3.04. The smallest absolute Gasteiger partial charge is 0.232 e. The maximum Gasteiger partial charge on any atom is 0.232 e. The molecule has 112 valence electrons. The monoisotopic (exact) mass is 320 g/mol. The first-order chi connectivity index (χ1) is 9.46. The Morgan fingerprint density at radius 2 is 2.05 bits per heavy atom. The summed E-state index contributed by atoms with van der Waals surface area (Å²) in [7, 11) is -3.54. The molecule has 4 nitrogen and oxygen atoms in total. The van der Waals surface area contributed by atoms with Gasteiger partial charge in [-0.05, 0) is 50.4 Å². The molecule has 20 heavy (non-hydrogen) atoms. The zero-order valence-electron chi connectivity index (χ0n) is 11.0. The zero-order chi connectivity index (χ0) is 14.6. The second-order valence-electron chi connectivity index (χ2n) is 4.98. The molecule has 0 aromatic heterocycles. The van der Waals surface area contributed by atoms with Crippen LogP contribution in [-0.4, -0.2) is 26.8 Å². The highest BCUT2D eigenvalue weighted by Crippen LogP contribution is 2.21. The van der Waals surface area contributed by atoms with Gasteiger partial charge in [-0.2, -0.15) is 0 Å². The number of hydrogen-bond donors (Lipinski definition) is 2. The van der Waals surface area contributed by atoms with E-state index < -0.39 is 15.8 Å². The lowest BCUT2D eigenvalue weighted by molar-refractivity contribution is 0.589. The topological polar surface area (TPSA) is 58.2 Å². The molecule has 1 aliphatic carbocycles. The fourth-order valence-corrected chi connectivity index (χ4v) is 3.15. The third kappa shape index (κ3) is 5.26. The van der Waals surface area contributed by atoms with Gasteiger partial charge in [-0.3, -0.25) is 4.72 Å². The van der Waals surface area contributed by atoms with Gasteiger partial charge < -0.3 is 5.32 Å². The molecule has 2 rings (SSSR count). The molecule has 0 aliphatic heterocycles. The molecule has 7 heteroatoms.